The third-order valence-corrected chi connectivity index (χ3v) is 4.45. The van der Waals surface area contributed by atoms with Crippen molar-refractivity contribution < 1.29 is 9.90 Å². The van der Waals surface area contributed by atoms with Crippen LogP contribution in [0, 0.1) is 0 Å². The molecule has 2 heteroatoms. The molecule has 0 bridgehead atoms. The lowest BCUT2D eigenvalue weighted by Crippen LogP contribution is -1.96. The van der Waals surface area contributed by atoms with Gasteiger partial charge in [-0.1, -0.05) is 62.4 Å². The van der Waals surface area contributed by atoms with Gasteiger partial charge in [0.25, 0.3) is 0 Å². The summed E-state index contributed by atoms with van der Waals surface area (Å²) >= 11 is 0. The van der Waals surface area contributed by atoms with Crippen molar-refractivity contribution in [1.82, 2.24) is 0 Å². The van der Waals surface area contributed by atoms with E-state index in [-0.39, 0.29) is 5.78 Å². The van der Waals surface area contributed by atoms with Crippen LogP contribution in [0.25, 0.3) is 11.1 Å². The van der Waals surface area contributed by atoms with Crippen molar-refractivity contribution in [1.29, 1.82) is 0 Å². The predicted octanol–water partition coefficient (Wildman–Crippen LogP) is 5.67. The largest absolute Gasteiger partial charge is 0.389 e. The highest BCUT2D eigenvalue weighted by molar-refractivity contribution is 5.95. The Labute approximate surface area is 144 Å². The highest BCUT2D eigenvalue weighted by Gasteiger charge is 2.10. The number of ketones is 1. The Morgan fingerprint density at radius 3 is 1.54 bits per heavy atom. The van der Waals surface area contributed by atoms with Gasteiger partial charge < -0.3 is 5.11 Å². The third-order valence-electron chi connectivity index (χ3n) is 4.45. The first-order valence-electron chi connectivity index (χ1n) is 8.59. The number of carbonyl (C=O) groups excluding carboxylic acids is 1. The lowest BCUT2D eigenvalue weighted by Gasteiger charge is -2.15. The van der Waals surface area contributed by atoms with Crippen molar-refractivity contribution in [2.75, 3.05) is 0 Å². The molecule has 2 rings (SSSR count). The Hall–Kier alpha value is -2.19. The van der Waals surface area contributed by atoms with Crippen molar-refractivity contribution in [3.05, 3.63) is 70.8 Å². The van der Waals surface area contributed by atoms with Crippen molar-refractivity contribution >= 4 is 16.9 Å². The first kappa shape index (κ1) is 18.2. The van der Waals surface area contributed by atoms with Crippen LogP contribution in [0.3, 0.4) is 0 Å². The highest BCUT2D eigenvalue weighted by Crippen LogP contribution is 2.32. The number of benzene rings is 2. The van der Waals surface area contributed by atoms with E-state index in [1.807, 2.05) is 36.4 Å². The zero-order valence-electron chi connectivity index (χ0n) is 15.0. The Bertz CT molecular complexity index is 720. The molecule has 0 spiro atoms. The molecule has 0 aliphatic carbocycles. The fraction of sp³-hybridized carbons (Fsp3) is 0.318. The minimum Gasteiger partial charge on any atom is -0.389 e. The van der Waals surface area contributed by atoms with Gasteiger partial charge >= 0.3 is 0 Å². The van der Waals surface area contributed by atoms with Crippen LogP contribution in [-0.2, 0) is 0 Å². The maximum absolute atomic E-state index is 11.5. The summed E-state index contributed by atoms with van der Waals surface area (Å²) in [4.78, 5) is 11.5. The van der Waals surface area contributed by atoms with Gasteiger partial charge in [0, 0.05) is 5.56 Å². The first-order chi connectivity index (χ1) is 11.5. The Balaban J connectivity index is 2.46. The number of allylic oxidation sites excluding steroid dienone is 2. The minimum absolute atomic E-state index is 0.0907. The number of Topliss-reactive ketones (excluding diaryl/α,β-unsaturated/α-hetero) is 1. The molecule has 0 amide bonds. The Kier molecular flexibility index (Phi) is 6.10. The first-order valence-corrected chi connectivity index (χ1v) is 8.59. The van der Waals surface area contributed by atoms with Crippen LogP contribution in [0.4, 0.5) is 0 Å². The SMILES string of the molecule is CC/C(=C(/CC)c1ccc(C(C)O)cc1)c1ccc(C(C)=O)cc1. The minimum atomic E-state index is -0.446. The predicted molar refractivity (Wildman–Crippen MR) is 101 cm³/mol. The van der Waals surface area contributed by atoms with Crippen molar-refractivity contribution in [2.45, 2.75) is 46.6 Å². The number of hydrogen-bond acceptors (Lipinski definition) is 2. The molecule has 0 fully saturated rings. The van der Waals surface area contributed by atoms with Gasteiger partial charge in [-0.2, -0.15) is 0 Å². The van der Waals surface area contributed by atoms with Crippen LogP contribution in [0.5, 0.6) is 0 Å². The third kappa shape index (κ3) is 4.01. The molecule has 1 atom stereocenters. The van der Waals surface area contributed by atoms with Gasteiger partial charge in [0.1, 0.15) is 0 Å². The van der Waals surface area contributed by atoms with Crippen molar-refractivity contribution in [3.8, 4) is 0 Å². The number of carbonyl (C=O) groups is 1. The molecule has 24 heavy (non-hydrogen) atoms. The number of rotatable bonds is 6. The van der Waals surface area contributed by atoms with Gasteiger partial charge in [-0.15, -0.1) is 0 Å². The van der Waals surface area contributed by atoms with Gasteiger partial charge in [0.15, 0.2) is 5.78 Å². The van der Waals surface area contributed by atoms with E-state index in [9.17, 15) is 9.90 Å². The van der Waals surface area contributed by atoms with E-state index in [2.05, 4.69) is 26.0 Å². The lowest BCUT2D eigenvalue weighted by molar-refractivity contribution is 0.101. The average molecular weight is 322 g/mol. The van der Waals surface area contributed by atoms with Gasteiger partial charge in [0.05, 0.1) is 6.10 Å². The molecule has 0 aliphatic heterocycles. The van der Waals surface area contributed by atoms with Crippen LogP contribution >= 0.6 is 0 Å². The molecule has 2 aromatic carbocycles. The quantitative estimate of drug-likeness (QED) is 0.549. The normalized spacial score (nSPS) is 13.4. The molecule has 0 heterocycles. The van der Waals surface area contributed by atoms with Gasteiger partial charge in [0.2, 0.25) is 0 Å². The molecule has 1 N–H and O–H groups in total. The van der Waals surface area contributed by atoms with E-state index in [0.717, 1.165) is 24.0 Å². The van der Waals surface area contributed by atoms with E-state index in [4.69, 9.17) is 0 Å². The van der Waals surface area contributed by atoms with Crippen LogP contribution in [0.15, 0.2) is 48.5 Å². The molecule has 2 nitrogen and oxygen atoms in total. The zero-order valence-corrected chi connectivity index (χ0v) is 15.0. The van der Waals surface area contributed by atoms with E-state index in [0.29, 0.717) is 0 Å². The smallest absolute Gasteiger partial charge is 0.159 e. The zero-order chi connectivity index (χ0) is 17.7. The molecule has 0 aliphatic rings. The Morgan fingerprint density at radius 2 is 1.21 bits per heavy atom. The van der Waals surface area contributed by atoms with E-state index < -0.39 is 6.10 Å². The summed E-state index contributed by atoms with van der Waals surface area (Å²) in [5.74, 6) is 0.0907. The standard InChI is InChI=1S/C22H26O2/c1-5-21(19-11-7-17(8-12-19)15(3)23)22(6-2)20-13-9-18(10-14-20)16(4)24/h7-15,23H,5-6H2,1-4H3/b22-21+. The molecule has 2 aromatic rings. The lowest BCUT2D eigenvalue weighted by atomic mass is 9.90. The molecular weight excluding hydrogens is 296 g/mol. The number of aliphatic hydroxyl groups is 1. The van der Waals surface area contributed by atoms with Crippen LogP contribution in [-0.4, -0.2) is 10.9 Å². The summed E-state index contributed by atoms with van der Waals surface area (Å²) < 4.78 is 0. The fourth-order valence-electron chi connectivity index (χ4n) is 3.05. The van der Waals surface area contributed by atoms with Crippen molar-refractivity contribution in [2.24, 2.45) is 0 Å². The van der Waals surface area contributed by atoms with E-state index in [1.165, 1.54) is 22.3 Å². The molecule has 0 radical (unpaired) electrons. The van der Waals surface area contributed by atoms with E-state index in [1.54, 1.807) is 13.8 Å². The maximum atomic E-state index is 11.5. The topological polar surface area (TPSA) is 37.3 Å². The second kappa shape index (κ2) is 8.07. The highest BCUT2D eigenvalue weighted by atomic mass is 16.3. The van der Waals surface area contributed by atoms with Gasteiger partial charge in [-0.3, -0.25) is 4.79 Å². The van der Waals surface area contributed by atoms with Gasteiger partial charge in [-0.25, -0.2) is 0 Å². The van der Waals surface area contributed by atoms with Gasteiger partial charge in [-0.05, 0) is 54.5 Å². The molecule has 0 aromatic heterocycles. The van der Waals surface area contributed by atoms with Crippen LogP contribution in [0.1, 0.15) is 73.7 Å². The monoisotopic (exact) mass is 322 g/mol. The maximum Gasteiger partial charge on any atom is 0.159 e. The second-order valence-electron chi connectivity index (χ2n) is 6.10. The fourth-order valence-corrected chi connectivity index (χ4v) is 3.05. The molecule has 0 saturated carbocycles. The summed E-state index contributed by atoms with van der Waals surface area (Å²) in [5.41, 5.74) is 6.64. The van der Waals surface area contributed by atoms with Crippen LogP contribution < -0.4 is 0 Å². The number of aliphatic hydroxyl groups excluding tert-OH is 1. The summed E-state index contributed by atoms with van der Waals surface area (Å²) in [5, 5.41) is 9.68. The van der Waals surface area contributed by atoms with Crippen LogP contribution in [0.2, 0.25) is 0 Å². The second-order valence-corrected chi connectivity index (χ2v) is 6.10. The molecule has 0 saturated heterocycles. The van der Waals surface area contributed by atoms with Crippen molar-refractivity contribution in [3.63, 3.8) is 0 Å². The number of hydrogen-bond donors (Lipinski definition) is 1. The summed E-state index contributed by atoms with van der Waals surface area (Å²) in [7, 11) is 0. The summed E-state index contributed by atoms with van der Waals surface area (Å²) in [6, 6.07) is 16.0. The molecular formula is C22H26O2. The Morgan fingerprint density at radius 1 is 0.833 bits per heavy atom. The van der Waals surface area contributed by atoms with E-state index >= 15 is 0 Å². The molecule has 126 valence electrons. The average Bonchev–Trinajstić information content (AvgIpc) is 2.59. The summed E-state index contributed by atoms with van der Waals surface area (Å²) in [6.07, 6.45) is 1.42. The molecule has 1 unspecified atom stereocenters. The summed E-state index contributed by atoms with van der Waals surface area (Å²) in [6.45, 7) is 7.69.